The molecule has 102 valence electrons. The summed E-state index contributed by atoms with van der Waals surface area (Å²) in [6.07, 6.45) is 5.07. The van der Waals surface area contributed by atoms with Gasteiger partial charge in [-0.2, -0.15) is 5.10 Å². The minimum Gasteiger partial charge on any atom is -0.367 e. The molecule has 1 heterocycles. The minimum atomic E-state index is -0.367. The molecule has 8 heteroatoms. The molecule has 3 N–H and O–H groups in total. The fourth-order valence-electron chi connectivity index (χ4n) is 1.37. The Morgan fingerprint density at radius 3 is 2.90 bits per heavy atom. The molecule has 0 aliphatic heterocycles. The Kier molecular flexibility index (Phi) is 4.55. The monoisotopic (exact) mass is 271 g/mol. The summed E-state index contributed by atoms with van der Waals surface area (Å²) >= 11 is 0. The van der Waals surface area contributed by atoms with Gasteiger partial charge < -0.3 is 5.73 Å². The molecule has 1 amide bonds. The van der Waals surface area contributed by atoms with Crippen LogP contribution in [0.5, 0.6) is 0 Å². The van der Waals surface area contributed by atoms with Crippen LogP contribution in [0.3, 0.4) is 0 Å². The largest absolute Gasteiger partial charge is 0.367 e. The van der Waals surface area contributed by atoms with Gasteiger partial charge >= 0.3 is 0 Å². The minimum absolute atomic E-state index is 0.0769. The van der Waals surface area contributed by atoms with Gasteiger partial charge in [0.05, 0.1) is 0 Å². The summed E-state index contributed by atoms with van der Waals surface area (Å²) < 4.78 is 1.17. The lowest BCUT2D eigenvalue weighted by Crippen LogP contribution is -2.24. The number of nitrogen functional groups attached to an aromatic ring is 1. The number of anilines is 1. The summed E-state index contributed by atoms with van der Waals surface area (Å²) in [5.41, 5.74) is 8.82. The maximum absolute atomic E-state index is 11.5. The molecule has 2 rings (SSSR count). The lowest BCUT2D eigenvalue weighted by molar-refractivity contribution is -0.121. The number of carbonyl (C=O) groups excluding carboxylic acids is 1. The fraction of sp³-hybridized carbons (Fsp3) is 0.0833. The number of carbonyl (C=O) groups is 1. The van der Waals surface area contributed by atoms with E-state index >= 15 is 0 Å². The lowest BCUT2D eigenvalue weighted by Gasteiger charge is -1.99. The normalized spacial score (nSPS) is 11.2. The first-order valence-electron chi connectivity index (χ1n) is 5.81. The predicted octanol–water partition coefficient (Wildman–Crippen LogP) is 0.0707. The van der Waals surface area contributed by atoms with Crippen LogP contribution in [0.2, 0.25) is 0 Å². The fourth-order valence-corrected chi connectivity index (χ4v) is 1.37. The third-order valence-electron chi connectivity index (χ3n) is 2.29. The van der Waals surface area contributed by atoms with Crippen LogP contribution in [0.4, 0.5) is 5.95 Å². The number of nitrogens with zero attached hydrogens (tertiary/aromatic N) is 5. The van der Waals surface area contributed by atoms with Gasteiger partial charge in [-0.3, -0.25) is 4.79 Å². The standard InChI is InChI=1S/C12H13N7O/c13-12-16-17-18-19(12)9-11(20)15-14-8-4-7-10-5-2-1-3-6-10/h1-8H,9H2,(H,15,20)(H2,13,16,18)/b7-4+,14-8?. The SMILES string of the molecule is Nc1nnnn1CC(=O)NN=C/C=C/c1ccccc1. The van der Waals surface area contributed by atoms with E-state index in [1.807, 2.05) is 36.4 Å². The van der Waals surface area contributed by atoms with Gasteiger partial charge in [-0.05, 0) is 22.1 Å². The lowest BCUT2D eigenvalue weighted by atomic mass is 10.2. The molecule has 0 aliphatic carbocycles. The molecule has 0 unspecified atom stereocenters. The first kappa shape index (κ1) is 13.4. The van der Waals surface area contributed by atoms with Gasteiger partial charge in [0.2, 0.25) is 5.95 Å². The van der Waals surface area contributed by atoms with E-state index in [1.54, 1.807) is 6.08 Å². The van der Waals surface area contributed by atoms with Crippen LogP contribution in [0.15, 0.2) is 41.5 Å². The highest BCUT2D eigenvalue weighted by atomic mass is 16.2. The van der Waals surface area contributed by atoms with E-state index in [1.165, 1.54) is 10.9 Å². The van der Waals surface area contributed by atoms with E-state index in [2.05, 4.69) is 26.1 Å². The highest BCUT2D eigenvalue weighted by Crippen LogP contribution is 1.99. The molecular weight excluding hydrogens is 258 g/mol. The first-order valence-corrected chi connectivity index (χ1v) is 5.81. The van der Waals surface area contributed by atoms with Crippen LogP contribution in [0, 0.1) is 0 Å². The van der Waals surface area contributed by atoms with E-state index in [9.17, 15) is 4.79 Å². The van der Waals surface area contributed by atoms with Crippen molar-refractivity contribution in [3.05, 3.63) is 42.0 Å². The number of hydrogen-bond acceptors (Lipinski definition) is 6. The summed E-state index contributed by atoms with van der Waals surface area (Å²) in [6.45, 7) is -0.0847. The first-order chi connectivity index (χ1) is 9.75. The molecule has 8 nitrogen and oxygen atoms in total. The highest BCUT2D eigenvalue weighted by molar-refractivity contribution is 5.81. The topological polar surface area (TPSA) is 111 Å². The second kappa shape index (κ2) is 6.78. The number of allylic oxidation sites excluding steroid dienone is 1. The van der Waals surface area contributed by atoms with Crippen molar-refractivity contribution in [3.8, 4) is 0 Å². The van der Waals surface area contributed by atoms with Gasteiger partial charge in [-0.15, -0.1) is 0 Å². The van der Waals surface area contributed by atoms with Crippen molar-refractivity contribution in [2.24, 2.45) is 5.10 Å². The molecule has 1 aromatic carbocycles. The number of nitrogens with one attached hydrogen (secondary N) is 1. The molecule has 1 aromatic heterocycles. The van der Waals surface area contributed by atoms with Crippen molar-refractivity contribution >= 4 is 24.1 Å². The molecule has 0 saturated carbocycles. The molecule has 0 radical (unpaired) electrons. The summed E-state index contributed by atoms with van der Waals surface area (Å²) in [7, 11) is 0. The summed E-state index contributed by atoms with van der Waals surface area (Å²) in [5, 5.41) is 14.1. The molecular formula is C12H13N7O. The summed E-state index contributed by atoms with van der Waals surface area (Å²) in [4.78, 5) is 11.5. The smallest absolute Gasteiger partial charge is 0.261 e. The van der Waals surface area contributed by atoms with Crippen molar-refractivity contribution in [1.82, 2.24) is 25.6 Å². The highest BCUT2D eigenvalue weighted by Gasteiger charge is 2.05. The predicted molar refractivity (Wildman–Crippen MR) is 74.3 cm³/mol. The maximum Gasteiger partial charge on any atom is 0.261 e. The quantitative estimate of drug-likeness (QED) is 0.590. The van der Waals surface area contributed by atoms with Crippen LogP contribution in [-0.4, -0.2) is 32.3 Å². The number of hydrazone groups is 1. The number of nitrogens with two attached hydrogens (primary N) is 1. The molecule has 0 fully saturated rings. The molecule has 20 heavy (non-hydrogen) atoms. The van der Waals surface area contributed by atoms with Crippen LogP contribution < -0.4 is 11.2 Å². The van der Waals surface area contributed by atoms with Crippen LogP contribution >= 0.6 is 0 Å². The van der Waals surface area contributed by atoms with Crippen molar-refractivity contribution < 1.29 is 4.79 Å². The molecule has 0 spiro atoms. The molecule has 0 saturated heterocycles. The number of amides is 1. The van der Waals surface area contributed by atoms with Crippen molar-refractivity contribution in [2.75, 3.05) is 5.73 Å². The molecule has 2 aromatic rings. The Hall–Kier alpha value is -3.03. The van der Waals surface area contributed by atoms with E-state index in [0.29, 0.717) is 0 Å². The van der Waals surface area contributed by atoms with Crippen LogP contribution in [0.25, 0.3) is 6.08 Å². The zero-order valence-corrected chi connectivity index (χ0v) is 10.5. The maximum atomic E-state index is 11.5. The molecule has 0 atom stereocenters. The van der Waals surface area contributed by atoms with Gasteiger partial charge in [-0.25, -0.2) is 10.1 Å². The van der Waals surface area contributed by atoms with Gasteiger partial charge in [-0.1, -0.05) is 41.5 Å². The van der Waals surface area contributed by atoms with E-state index in [4.69, 9.17) is 5.73 Å². The Balaban J connectivity index is 1.77. The number of tetrazole rings is 1. The van der Waals surface area contributed by atoms with Gasteiger partial charge in [0, 0.05) is 6.21 Å². The van der Waals surface area contributed by atoms with Crippen LogP contribution in [0.1, 0.15) is 5.56 Å². The second-order valence-electron chi connectivity index (χ2n) is 3.78. The van der Waals surface area contributed by atoms with Gasteiger partial charge in [0.15, 0.2) is 0 Å². The van der Waals surface area contributed by atoms with E-state index < -0.39 is 0 Å². The Bertz CT molecular complexity index is 618. The van der Waals surface area contributed by atoms with Crippen LogP contribution in [-0.2, 0) is 11.3 Å². The number of hydrogen-bond donors (Lipinski definition) is 2. The van der Waals surface area contributed by atoms with E-state index in [0.717, 1.165) is 5.56 Å². The molecule has 0 bridgehead atoms. The Morgan fingerprint density at radius 1 is 1.40 bits per heavy atom. The second-order valence-corrected chi connectivity index (χ2v) is 3.78. The Labute approximate surface area is 115 Å². The number of rotatable bonds is 5. The summed E-state index contributed by atoms with van der Waals surface area (Å²) in [5.74, 6) is -0.290. The van der Waals surface area contributed by atoms with Gasteiger partial charge in [0.1, 0.15) is 6.54 Å². The third kappa shape index (κ3) is 4.02. The van der Waals surface area contributed by atoms with E-state index in [-0.39, 0.29) is 18.4 Å². The average Bonchev–Trinajstić information content (AvgIpc) is 2.85. The van der Waals surface area contributed by atoms with Crippen molar-refractivity contribution in [2.45, 2.75) is 6.54 Å². The third-order valence-corrected chi connectivity index (χ3v) is 2.29. The zero-order valence-electron chi connectivity index (χ0n) is 10.5. The summed E-state index contributed by atoms with van der Waals surface area (Å²) in [6, 6.07) is 9.74. The zero-order chi connectivity index (χ0) is 14.2. The number of aromatic nitrogens is 4. The molecule has 0 aliphatic rings. The average molecular weight is 271 g/mol. The van der Waals surface area contributed by atoms with Crippen molar-refractivity contribution in [1.29, 1.82) is 0 Å². The van der Waals surface area contributed by atoms with Crippen molar-refractivity contribution in [3.63, 3.8) is 0 Å². The Morgan fingerprint density at radius 2 is 2.20 bits per heavy atom. The number of benzene rings is 1. The van der Waals surface area contributed by atoms with Gasteiger partial charge in [0.25, 0.3) is 5.91 Å².